The molecule has 5 aromatic heterocycles. The molecule has 5 heterocycles. The maximum Gasteiger partial charge on any atom is 0.0708 e. The molecule has 0 radical (unpaired) electrons. The number of fused-ring (bicyclic) bond motifs is 12. The second kappa shape index (κ2) is 125. The molecule has 31 nitrogen and oxygen atoms in total. The van der Waals surface area contributed by atoms with Crippen molar-refractivity contribution in [1.82, 2.24) is 35.6 Å². The maximum atomic E-state index is 10.4. The fourth-order valence-corrected chi connectivity index (χ4v) is 12.0. The molecule has 0 fully saturated rings. The van der Waals surface area contributed by atoms with Gasteiger partial charge < -0.3 is 136 Å². The van der Waals surface area contributed by atoms with Crippen molar-refractivity contribution in [2.24, 2.45) is 10.8 Å². The number of rotatable bonds is 7. The molecule has 0 bridgehead atoms. The quantitative estimate of drug-likeness (QED) is 0.0523. The van der Waals surface area contributed by atoms with Crippen LogP contribution in [-0.4, -0.2) is 139 Å². The number of nitrogens with one attached hydrogen (secondary N) is 2. The molecular formula is C108H168Cl5N17O14Pt5-7. The first kappa shape index (κ1) is 188. The molecular weight excluding hydrogens is 2910 g/mol. The third-order valence-corrected chi connectivity index (χ3v) is 15.5. The SMILES string of the molecule is CC(C)(C)CC(C)(C)NC(=O)O.CC(C)(C)CC(C)(C)NC(=O)O.CO.CO.C[CH+]C.C[CH+]C.C[CH+]C.C[CH+]C.C[CH-]C.O.O.O.O=C(O)c1ccccc1.OCCO.OCc1ccccc1.[Cl][Pt].[Cl][Pt].[Cl][Pt].[Cl][Pt].[Cl][Pt].[NH2-].[NH2-].[NH2-].[NH2-].[NH2-].[NH2-].[NH2-].[NH2-].[NH2-].[NH2-].c1ccc2c(c1)cnc1ccccc12.c1ccc2c(c1)cnc1ccccc12.c1ccc2c(c1)cnc1ccccc12.c1ccc2c(c1)cnc1ccccc12.c1ccncc1. The number of aliphatic hydroxyl groups is 5. The Labute approximate surface area is 966 Å². The molecule has 15 aromatic rings. The Hall–Kier alpha value is -8.31. The van der Waals surface area contributed by atoms with Crippen molar-refractivity contribution in [1.29, 1.82) is 0 Å². The Bertz CT molecular complexity index is 4640. The minimum absolute atomic E-state index is 0. The summed E-state index contributed by atoms with van der Waals surface area (Å²) in [5.74, 6) is -0.879. The van der Waals surface area contributed by atoms with Gasteiger partial charge in [0.1, 0.15) is 0 Å². The van der Waals surface area contributed by atoms with Gasteiger partial charge in [-0.25, -0.2) is 14.4 Å². The number of hydrogen-bond donors (Lipinski definition) is 10. The van der Waals surface area contributed by atoms with Crippen LogP contribution in [0.4, 0.5) is 9.59 Å². The summed E-state index contributed by atoms with van der Waals surface area (Å²) in [6, 6.07) is 89.8. The van der Waals surface area contributed by atoms with Crippen LogP contribution in [0.3, 0.4) is 0 Å². The summed E-state index contributed by atoms with van der Waals surface area (Å²) in [4.78, 5) is 52.4. The number of halogens is 5. The van der Waals surface area contributed by atoms with Crippen LogP contribution in [-0.2, 0) is 100 Å². The van der Waals surface area contributed by atoms with E-state index in [1.165, 1.54) is 64.6 Å². The van der Waals surface area contributed by atoms with Crippen LogP contribution in [0.5, 0.6) is 0 Å². The van der Waals surface area contributed by atoms with Crippen LogP contribution in [0.1, 0.15) is 167 Å². The fraction of sp³-hybridized carbons (Fsp3) is 0.287. The van der Waals surface area contributed by atoms with Crippen LogP contribution < -0.4 is 10.6 Å². The number of carboxylic acids is 1. The van der Waals surface area contributed by atoms with Crippen molar-refractivity contribution in [3.05, 3.63) is 415 Å². The zero-order valence-corrected chi connectivity index (χ0v) is 104. The van der Waals surface area contributed by atoms with Crippen LogP contribution in [0.2, 0.25) is 0 Å². The molecule has 0 saturated heterocycles. The van der Waals surface area contributed by atoms with Gasteiger partial charge in [-0.05, 0) is 127 Å². The van der Waals surface area contributed by atoms with E-state index in [0.29, 0.717) is 5.56 Å². The number of benzene rings is 10. The third kappa shape index (κ3) is 95.3. The molecule has 0 aliphatic rings. The van der Waals surface area contributed by atoms with Crippen molar-refractivity contribution in [2.45, 2.75) is 169 Å². The fourth-order valence-electron chi connectivity index (χ4n) is 12.0. The summed E-state index contributed by atoms with van der Waals surface area (Å²) in [6.07, 6.45) is 21.0. The molecule has 0 spiro atoms. The zero-order chi connectivity index (χ0) is 105. The first-order valence-electron chi connectivity index (χ1n) is 42.4. The Morgan fingerprint density at radius 1 is 0.302 bits per heavy atom. The summed E-state index contributed by atoms with van der Waals surface area (Å²) in [5, 5.41) is 83.0. The van der Waals surface area contributed by atoms with Gasteiger partial charge in [0, 0.05) is 106 Å². The molecule has 15 rings (SSSR count). The van der Waals surface area contributed by atoms with E-state index in [2.05, 4.69) is 246 Å². The molecule has 861 valence electrons. The number of para-hydroxylation sites is 4. The van der Waals surface area contributed by atoms with E-state index in [0.717, 1.165) is 54.7 Å². The first-order valence-corrected chi connectivity index (χ1v) is 56.5. The summed E-state index contributed by atoms with van der Waals surface area (Å²) in [6.45, 7) is 40.0. The molecule has 2 amide bonds. The van der Waals surface area contributed by atoms with Gasteiger partial charge in [-0.15, -0.1) is 0 Å². The zero-order valence-electron chi connectivity index (χ0n) is 89.2. The second-order valence-electron chi connectivity index (χ2n) is 31.2. The monoisotopic (exact) mass is 3080 g/mol. The molecule has 0 saturated carbocycles. The largest absolute Gasteiger partial charge is 0.693 e. The predicted octanol–water partition coefficient (Wildman–Crippen LogP) is 34.6. The molecule has 0 atom stereocenters. The topological polar surface area (TPSA) is 731 Å². The maximum absolute atomic E-state index is 10.4. The number of pyridine rings is 5. The Morgan fingerprint density at radius 3 is 0.624 bits per heavy atom. The van der Waals surface area contributed by atoms with E-state index in [1.54, 1.807) is 137 Å². The summed E-state index contributed by atoms with van der Waals surface area (Å²) in [7, 11) is 25.1. The first-order chi connectivity index (χ1) is 65.3. The average molecular weight is 3080 g/mol. The van der Waals surface area contributed by atoms with E-state index in [4.69, 9.17) is 40.9 Å². The van der Waals surface area contributed by atoms with Gasteiger partial charge in [-0.3, -0.25) is 24.9 Å². The van der Waals surface area contributed by atoms with E-state index in [1.807, 2.05) is 275 Å². The number of hydrogen-bond acceptors (Lipinski definition) is 13. The number of amides is 2. The number of carbonyl (C=O) groups is 3. The standard InChI is InChI=1S/4C13H9N.2C9H19NO2.C7H6O2.C7H8O.C5H5N.5C3H7.C2H6O2.2CH4O.5ClH.10H2N.3H2O.5Pt/c4*1-2-6-11-10(5-1)9-14-13-8-4-3-7-12(11)13;2*1-8(2,3)6-9(4,5)10-7(11)12;8-7(9)6-4-2-1-3-5-6;8-6-7-4-2-1-3-5-7;1-2-4-6-5-3-1;5*1-3-2;3-1-2-4;2*1-2;;;;;;;;;;;;;;;;;;;;;;;/h4*1-9H;2*10H,6H2,1-5H3,(H,11,12);1-5H,(H,8,9);1-5,8H,6H2;1-5H;5*3H,1-2H3;3-4H,1-2H2;2*2H,1H3;5*1H;13*1H2;;;;;/q;;;;;;;;;-1;4*+1;;;;;;;;;10*-1;;;;5*+1/p-5. The summed E-state index contributed by atoms with van der Waals surface area (Å²) in [5.41, 5.74) is 5.14. The molecule has 41 heteroatoms. The Morgan fingerprint density at radius 2 is 0.477 bits per heavy atom. The van der Waals surface area contributed by atoms with Gasteiger partial charge in [0.25, 0.3) is 0 Å². The van der Waals surface area contributed by atoms with Crippen LogP contribution in [0, 0.1) is 42.9 Å². The average Bonchev–Trinajstić information content (AvgIpc) is 0.811. The number of nitrogens with zero attached hydrogens (tertiary/aromatic N) is 5. The van der Waals surface area contributed by atoms with Crippen LogP contribution in [0.25, 0.3) is 148 Å². The second-order valence-corrected chi connectivity index (χ2v) is 31.2. The van der Waals surface area contributed by atoms with E-state index in [9.17, 15) is 14.4 Å². The predicted molar refractivity (Wildman–Crippen MR) is 627 cm³/mol. The number of aromatic nitrogens is 5. The van der Waals surface area contributed by atoms with Gasteiger partial charge in [-0.1, -0.05) is 266 Å². The van der Waals surface area contributed by atoms with Crippen LogP contribution >= 0.6 is 47.1 Å². The Kier molecular flexibility index (Phi) is 158. The van der Waals surface area contributed by atoms with E-state index < -0.39 is 18.2 Å². The van der Waals surface area contributed by atoms with Crippen molar-refractivity contribution in [3.63, 3.8) is 0 Å². The smallest absolute Gasteiger partial charge is 0.0708 e. The van der Waals surface area contributed by atoms with Crippen LogP contribution in [0.15, 0.2) is 310 Å². The molecule has 10 aromatic carbocycles. The number of aromatic carboxylic acids is 1. The third-order valence-electron chi connectivity index (χ3n) is 15.5. The van der Waals surface area contributed by atoms with Gasteiger partial charge in [-0.2, -0.15) is 13.8 Å². The number of aliphatic hydroxyl groups excluding tert-OH is 5. The molecule has 0 aliphatic carbocycles. The van der Waals surface area contributed by atoms with Gasteiger partial charge >= 0.3 is 159 Å². The minimum atomic E-state index is -0.954. The van der Waals surface area contributed by atoms with Gasteiger partial charge in [0.15, 0.2) is 0 Å². The van der Waals surface area contributed by atoms with Crippen molar-refractivity contribution >= 4 is 152 Å². The molecule has 0 aliphatic heterocycles. The molecule has 0 unspecified atom stereocenters. The van der Waals surface area contributed by atoms with E-state index >= 15 is 0 Å². The van der Waals surface area contributed by atoms with Gasteiger partial charge in [0.05, 0.1) is 129 Å². The number of carboxylic acid groups (broad SMARTS) is 3. The van der Waals surface area contributed by atoms with Crippen molar-refractivity contribution in [2.75, 3.05) is 27.4 Å². The van der Waals surface area contributed by atoms with Gasteiger partial charge in [0.2, 0.25) is 0 Å². The molecule has 36 N–H and O–H groups in total. The summed E-state index contributed by atoms with van der Waals surface area (Å²) >= 11 is 8.06. The number of nitrogens with two attached hydrogens (primary N) is 10. The van der Waals surface area contributed by atoms with Crippen molar-refractivity contribution in [3.8, 4) is 0 Å². The summed E-state index contributed by atoms with van der Waals surface area (Å²) < 4.78 is 0. The Balaban J connectivity index is -0.0000000670. The minimum Gasteiger partial charge on any atom is -0.693 e. The molecule has 149 heavy (non-hydrogen) atoms. The van der Waals surface area contributed by atoms with Crippen molar-refractivity contribution < 1.29 is 166 Å². The normalized spacial score (nSPS) is 8.50. The van der Waals surface area contributed by atoms with E-state index in [-0.39, 0.29) is 120 Å².